The number of rotatable bonds is 7. The number of amides is 3. The first-order valence-electron chi connectivity index (χ1n) is 9.46. The van der Waals surface area contributed by atoms with Crippen LogP contribution in [-0.4, -0.2) is 72.8 Å². The molecule has 0 atom stereocenters. The smallest absolute Gasteiger partial charge is 0.409 e. The number of benzene rings is 1. The highest BCUT2D eigenvalue weighted by molar-refractivity contribution is 5.98. The highest BCUT2D eigenvalue weighted by Crippen LogP contribution is 2.08. The normalized spacial score (nSPS) is 13.8. The molecule has 1 aliphatic rings. The molecule has 3 amide bonds. The molecule has 0 aliphatic carbocycles. The molecule has 1 aromatic rings. The van der Waals surface area contributed by atoms with Gasteiger partial charge >= 0.3 is 6.09 Å². The summed E-state index contributed by atoms with van der Waals surface area (Å²) in [7, 11) is 0. The summed E-state index contributed by atoms with van der Waals surface area (Å²) in [5, 5.41) is 2.56. The van der Waals surface area contributed by atoms with E-state index in [1.54, 1.807) is 28.9 Å². The number of piperazine rings is 1. The van der Waals surface area contributed by atoms with E-state index in [0.717, 1.165) is 5.56 Å². The molecular weight excluding hydrogens is 362 g/mol. The van der Waals surface area contributed by atoms with Crippen molar-refractivity contribution < 1.29 is 23.9 Å². The van der Waals surface area contributed by atoms with Gasteiger partial charge in [-0.3, -0.25) is 14.4 Å². The molecule has 152 valence electrons. The van der Waals surface area contributed by atoms with Crippen LogP contribution in [0.4, 0.5) is 4.79 Å². The van der Waals surface area contributed by atoms with E-state index in [2.05, 4.69) is 5.32 Å². The van der Waals surface area contributed by atoms with Crippen molar-refractivity contribution in [2.45, 2.75) is 26.7 Å². The number of carbonyl (C=O) groups excluding carboxylic acids is 4. The second-order valence-electron chi connectivity index (χ2n) is 6.63. The average Bonchev–Trinajstić information content (AvgIpc) is 2.71. The minimum absolute atomic E-state index is 0.0383. The van der Waals surface area contributed by atoms with E-state index in [9.17, 15) is 19.2 Å². The van der Waals surface area contributed by atoms with Crippen LogP contribution in [0.1, 0.15) is 35.7 Å². The Balaban J connectivity index is 1.67. The van der Waals surface area contributed by atoms with Crippen LogP contribution in [0.2, 0.25) is 0 Å². The van der Waals surface area contributed by atoms with Gasteiger partial charge in [-0.2, -0.15) is 0 Å². The standard InChI is InChI=1S/C20H27N3O5/c1-3-28-20(27)23-12-10-22(11-13-23)19(26)14-21-18(25)9-8-17(24)16-6-4-15(2)5-7-16/h4-7H,3,8-14H2,1-2H3,(H,21,25). The maximum Gasteiger partial charge on any atom is 0.409 e. The Kier molecular flexibility index (Phi) is 7.98. The van der Waals surface area contributed by atoms with Gasteiger partial charge in [-0.25, -0.2) is 4.79 Å². The molecule has 1 saturated heterocycles. The first-order chi connectivity index (χ1) is 13.4. The van der Waals surface area contributed by atoms with Crippen molar-refractivity contribution in [2.75, 3.05) is 39.3 Å². The zero-order valence-electron chi connectivity index (χ0n) is 16.4. The highest BCUT2D eigenvalue weighted by Gasteiger charge is 2.24. The molecule has 1 fully saturated rings. The predicted octanol–water partition coefficient (Wildman–Crippen LogP) is 1.37. The van der Waals surface area contributed by atoms with Crippen molar-refractivity contribution in [1.29, 1.82) is 0 Å². The number of ether oxygens (including phenoxy) is 1. The van der Waals surface area contributed by atoms with Gasteiger partial charge < -0.3 is 19.9 Å². The first-order valence-corrected chi connectivity index (χ1v) is 9.46. The summed E-state index contributed by atoms with van der Waals surface area (Å²) in [5.41, 5.74) is 1.64. The van der Waals surface area contributed by atoms with Gasteiger partial charge in [0.15, 0.2) is 5.78 Å². The quantitative estimate of drug-likeness (QED) is 0.711. The third kappa shape index (κ3) is 6.37. The summed E-state index contributed by atoms with van der Waals surface area (Å²) in [6.07, 6.45) is -0.237. The molecule has 0 aromatic heterocycles. The van der Waals surface area contributed by atoms with Crippen LogP contribution in [0, 0.1) is 6.92 Å². The van der Waals surface area contributed by atoms with E-state index >= 15 is 0 Å². The maximum atomic E-state index is 12.2. The summed E-state index contributed by atoms with van der Waals surface area (Å²) >= 11 is 0. The second kappa shape index (κ2) is 10.4. The van der Waals surface area contributed by atoms with Crippen molar-refractivity contribution in [3.05, 3.63) is 35.4 Å². The van der Waals surface area contributed by atoms with E-state index in [0.29, 0.717) is 38.3 Å². The molecule has 8 heteroatoms. The third-order valence-corrected chi connectivity index (χ3v) is 4.55. The Bertz CT molecular complexity index is 709. The van der Waals surface area contributed by atoms with Crippen LogP contribution in [-0.2, 0) is 14.3 Å². The van der Waals surface area contributed by atoms with Crippen molar-refractivity contribution in [1.82, 2.24) is 15.1 Å². The van der Waals surface area contributed by atoms with Crippen LogP contribution in [0.25, 0.3) is 0 Å². The molecular formula is C20H27N3O5. The number of ketones is 1. The SMILES string of the molecule is CCOC(=O)N1CCN(C(=O)CNC(=O)CCC(=O)c2ccc(C)cc2)CC1. The number of Topliss-reactive ketones (excluding diaryl/α,β-unsaturated/α-hetero) is 1. The Hall–Kier alpha value is -2.90. The summed E-state index contributed by atoms with van der Waals surface area (Å²) in [5.74, 6) is -0.641. The van der Waals surface area contributed by atoms with E-state index in [-0.39, 0.29) is 43.1 Å². The molecule has 28 heavy (non-hydrogen) atoms. The molecule has 0 spiro atoms. The van der Waals surface area contributed by atoms with Gasteiger partial charge in [0, 0.05) is 44.6 Å². The van der Waals surface area contributed by atoms with Crippen LogP contribution in [0.5, 0.6) is 0 Å². The summed E-state index contributed by atoms with van der Waals surface area (Å²) in [6.45, 7) is 5.50. The Morgan fingerprint density at radius 1 is 0.964 bits per heavy atom. The minimum atomic E-state index is -0.374. The zero-order chi connectivity index (χ0) is 20.5. The largest absolute Gasteiger partial charge is 0.450 e. The second-order valence-corrected chi connectivity index (χ2v) is 6.63. The Morgan fingerprint density at radius 3 is 2.18 bits per heavy atom. The van der Waals surface area contributed by atoms with Crippen molar-refractivity contribution in [3.63, 3.8) is 0 Å². The minimum Gasteiger partial charge on any atom is -0.450 e. The van der Waals surface area contributed by atoms with Crippen LogP contribution in [0.15, 0.2) is 24.3 Å². The summed E-state index contributed by atoms with van der Waals surface area (Å²) in [4.78, 5) is 51.0. The molecule has 0 bridgehead atoms. The Morgan fingerprint density at radius 2 is 1.57 bits per heavy atom. The zero-order valence-corrected chi connectivity index (χ0v) is 16.4. The van der Waals surface area contributed by atoms with Gasteiger partial charge in [-0.05, 0) is 13.8 Å². The number of aryl methyl sites for hydroxylation is 1. The van der Waals surface area contributed by atoms with Crippen LogP contribution in [0.3, 0.4) is 0 Å². The lowest BCUT2D eigenvalue weighted by Crippen LogP contribution is -2.52. The molecule has 0 unspecified atom stereocenters. The van der Waals surface area contributed by atoms with Crippen molar-refractivity contribution in [3.8, 4) is 0 Å². The average molecular weight is 389 g/mol. The maximum absolute atomic E-state index is 12.2. The fraction of sp³-hybridized carbons (Fsp3) is 0.500. The predicted molar refractivity (Wildman–Crippen MR) is 103 cm³/mol. The molecule has 0 radical (unpaired) electrons. The van der Waals surface area contributed by atoms with E-state index < -0.39 is 0 Å². The van der Waals surface area contributed by atoms with Crippen molar-refractivity contribution in [2.24, 2.45) is 0 Å². The van der Waals surface area contributed by atoms with Crippen LogP contribution >= 0.6 is 0 Å². The topological polar surface area (TPSA) is 96.0 Å². The number of hydrogen-bond acceptors (Lipinski definition) is 5. The molecule has 2 rings (SSSR count). The number of nitrogens with one attached hydrogen (secondary N) is 1. The molecule has 8 nitrogen and oxygen atoms in total. The molecule has 1 aromatic carbocycles. The molecule has 1 N–H and O–H groups in total. The fourth-order valence-electron chi connectivity index (χ4n) is 2.84. The lowest BCUT2D eigenvalue weighted by atomic mass is 10.1. The van der Waals surface area contributed by atoms with Gasteiger partial charge in [-0.15, -0.1) is 0 Å². The number of hydrogen-bond donors (Lipinski definition) is 1. The lowest BCUT2D eigenvalue weighted by molar-refractivity contribution is -0.134. The Labute approximate surface area is 164 Å². The molecule has 1 heterocycles. The van der Waals surface area contributed by atoms with Gasteiger partial charge in [0.1, 0.15) is 0 Å². The number of carbonyl (C=O) groups is 4. The number of nitrogens with zero attached hydrogens (tertiary/aromatic N) is 2. The van der Waals surface area contributed by atoms with Gasteiger partial charge in [0.2, 0.25) is 11.8 Å². The third-order valence-electron chi connectivity index (χ3n) is 4.55. The van der Waals surface area contributed by atoms with E-state index in [1.807, 2.05) is 19.1 Å². The lowest BCUT2D eigenvalue weighted by Gasteiger charge is -2.34. The van der Waals surface area contributed by atoms with Gasteiger partial charge in [0.05, 0.1) is 13.2 Å². The molecule has 0 saturated carbocycles. The summed E-state index contributed by atoms with van der Waals surface area (Å²) in [6, 6.07) is 7.20. The van der Waals surface area contributed by atoms with E-state index in [4.69, 9.17) is 4.74 Å². The summed E-state index contributed by atoms with van der Waals surface area (Å²) < 4.78 is 4.94. The molecule has 1 aliphatic heterocycles. The monoisotopic (exact) mass is 389 g/mol. The van der Waals surface area contributed by atoms with Crippen molar-refractivity contribution >= 4 is 23.7 Å². The fourth-order valence-corrected chi connectivity index (χ4v) is 2.84. The van der Waals surface area contributed by atoms with Gasteiger partial charge in [0.25, 0.3) is 0 Å². The highest BCUT2D eigenvalue weighted by atomic mass is 16.6. The van der Waals surface area contributed by atoms with Crippen LogP contribution < -0.4 is 5.32 Å². The van der Waals surface area contributed by atoms with E-state index in [1.165, 1.54) is 0 Å². The first kappa shape index (κ1) is 21.4. The van der Waals surface area contributed by atoms with Gasteiger partial charge in [-0.1, -0.05) is 29.8 Å².